The lowest BCUT2D eigenvalue weighted by Gasteiger charge is -2.29. The monoisotopic (exact) mass is 478 g/mol. The number of nitrogens with two attached hydrogens (primary N) is 1. The van der Waals surface area contributed by atoms with Crippen LogP contribution in [0.1, 0.15) is 31.2 Å². The molecule has 3 amide bonds. The van der Waals surface area contributed by atoms with Crippen LogP contribution in [0, 0.1) is 0 Å². The molecule has 1 aromatic rings. The molecule has 0 bridgehead atoms. The van der Waals surface area contributed by atoms with Crippen LogP contribution in [0.25, 0.3) is 0 Å². The third-order valence-corrected chi connectivity index (χ3v) is 5.53. The molecule has 1 aliphatic rings. The lowest BCUT2D eigenvalue weighted by molar-refractivity contribution is -0.145. The minimum absolute atomic E-state index is 0.170. The summed E-state index contributed by atoms with van der Waals surface area (Å²) >= 11 is 0. The van der Waals surface area contributed by atoms with Crippen molar-refractivity contribution in [2.45, 2.75) is 56.3 Å². The van der Waals surface area contributed by atoms with Gasteiger partial charge in [-0.15, -0.1) is 0 Å². The van der Waals surface area contributed by atoms with Crippen molar-refractivity contribution in [1.82, 2.24) is 15.5 Å². The second-order valence-electron chi connectivity index (χ2n) is 8.06. The van der Waals surface area contributed by atoms with Gasteiger partial charge >= 0.3 is 11.9 Å². The Hall–Kier alpha value is -3.51. The average molecular weight is 479 g/mol. The molecular weight excluding hydrogens is 448 g/mol. The van der Waals surface area contributed by atoms with Gasteiger partial charge in [-0.3, -0.25) is 19.2 Å². The van der Waals surface area contributed by atoms with Gasteiger partial charge in [0.2, 0.25) is 17.7 Å². The summed E-state index contributed by atoms with van der Waals surface area (Å²) in [6.07, 6.45) is 0.299. The first-order valence-corrected chi connectivity index (χ1v) is 10.9. The Labute approximate surface area is 196 Å². The van der Waals surface area contributed by atoms with Gasteiger partial charge in [0.05, 0.1) is 12.6 Å². The van der Waals surface area contributed by atoms with Gasteiger partial charge in [0, 0.05) is 13.0 Å². The molecule has 1 aromatic carbocycles. The van der Waals surface area contributed by atoms with Crippen LogP contribution < -0.4 is 16.4 Å². The van der Waals surface area contributed by atoms with Crippen LogP contribution in [0.15, 0.2) is 30.3 Å². The number of likely N-dealkylation sites (tertiary alicyclic amines) is 1. The van der Waals surface area contributed by atoms with Gasteiger partial charge < -0.3 is 36.6 Å². The summed E-state index contributed by atoms with van der Waals surface area (Å²) in [5.74, 6) is -4.64. The number of carboxylic acid groups (broad SMARTS) is 2. The predicted molar refractivity (Wildman–Crippen MR) is 118 cm³/mol. The quantitative estimate of drug-likeness (QED) is 0.206. The summed E-state index contributed by atoms with van der Waals surface area (Å²) < 4.78 is 0. The van der Waals surface area contributed by atoms with Crippen LogP contribution >= 0.6 is 0 Å². The number of carboxylic acids is 2. The number of nitrogens with one attached hydrogen (secondary N) is 2. The first kappa shape index (κ1) is 26.7. The Bertz CT molecular complexity index is 894. The number of carbonyl (C=O) groups is 5. The van der Waals surface area contributed by atoms with E-state index in [0.29, 0.717) is 6.42 Å². The van der Waals surface area contributed by atoms with Crippen LogP contribution in [0.3, 0.4) is 0 Å². The van der Waals surface area contributed by atoms with Crippen molar-refractivity contribution in [3.63, 3.8) is 0 Å². The second-order valence-corrected chi connectivity index (χ2v) is 8.06. The number of aliphatic carboxylic acids is 2. The maximum Gasteiger partial charge on any atom is 0.328 e. The van der Waals surface area contributed by atoms with Crippen molar-refractivity contribution >= 4 is 29.7 Å². The van der Waals surface area contributed by atoms with Crippen LogP contribution in [0.5, 0.6) is 0 Å². The highest BCUT2D eigenvalue weighted by Gasteiger charge is 2.39. The maximum atomic E-state index is 13.2. The van der Waals surface area contributed by atoms with Gasteiger partial charge in [-0.25, -0.2) is 4.79 Å². The molecular formula is C22H30N4O8. The van der Waals surface area contributed by atoms with Gasteiger partial charge in [0.25, 0.3) is 0 Å². The number of amides is 3. The third kappa shape index (κ3) is 7.52. The number of benzene rings is 1. The Morgan fingerprint density at radius 1 is 1.06 bits per heavy atom. The molecule has 1 fully saturated rings. The molecule has 0 aliphatic carbocycles. The van der Waals surface area contributed by atoms with E-state index in [0.717, 1.165) is 5.56 Å². The molecule has 34 heavy (non-hydrogen) atoms. The fourth-order valence-electron chi connectivity index (χ4n) is 3.72. The van der Waals surface area contributed by atoms with Crippen LogP contribution in [-0.2, 0) is 30.4 Å². The van der Waals surface area contributed by atoms with Crippen molar-refractivity contribution < 1.29 is 39.3 Å². The zero-order valence-corrected chi connectivity index (χ0v) is 18.6. The molecule has 1 aliphatic heterocycles. The Balaban J connectivity index is 2.11. The Morgan fingerprint density at radius 2 is 1.74 bits per heavy atom. The van der Waals surface area contributed by atoms with Crippen molar-refractivity contribution in [3.05, 3.63) is 35.9 Å². The number of aliphatic hydroxyl groups excluding tert-OH is 1. The highest BCUT2D eigenvalue weighted by atomic mass is 16.4. The average Bonchev–Trinajstić information content (AvgIpc) is 3.29. The van der Waals surface area contributed by atoms with Crippen molar-refractivity contribution in [1.29, 1.82) is 0 Å². The summed E-state index contributed by atoms with van der Waals surface area (Å²) in [6, 6.07) is 4.25. The molecule has 0 aromatic heterocycles. The lowest BCUT2D eigenvalue weighted by Crippen LogP contribution is -2.57. The molecule has 4 unspecified atom stereocenters. The van der Waals surface area contributed by atoms with Crippen LogP contribution in [-0.4, -0.2) is 87.2 Å². The van der Waals surface area contributed by atoms with E-state index >= 15 is 0 Å². The van der Waals surface area contributed by atoms with E-state index in [1.54, 1.807) is 24.3 Å². The number of aliphatic hydroxyl groups is 1. The van der Waals surface area contributed by atoms with Gasteiger partial charge in [-0.2, -0.15) is 0 Å². The standard InChI is InChI=1S/C22H30N4O8/c23-14(11-13-5-2-1-3-6-13)19(30)24-15(8-9-18(28)29)21(32)26-10-4-7-17(26)20(31)25-16(12-27)22(33)34/h1-3,5-6,14-17,27H,4,7-12,23H2,(H,24,30)(H,25,31)(H,28,29)(H,33,34). The van der Waals surface area contributed by atoms with Crippen molar-refractivity contribution in [2.75, 3.05) is 13.2 Å². The first-order chi connectivity index (χ1) is 16.1. The lowest BCUT2D eigenvalue weighted by atomic mass is 10.0. The topological polar surface area (TPSA) is 199 Å². The molecule has 0 saturated carbocycles. The van der Waals surface area contributed by atoms with E-state index in [9.17, 15) is 24.0 Å². The molecule has 7 N–H and O–H groups in total. The molecule has 4 atom stereocenters. The molecule has 2 rings (SSSR count). The molecule has 1 saturated heterocycles. The van der Waals surface area contributed by atoms with E-state index < -0.39 is 66.9 Å². The van der Waals surface area contributed by atoms with Gasteiger partial charge in [-0.1, -0.05) is 30.3 Å². The molecule has 0 radical (unpaired) electrons. The molecule has 12 nitrogen and oxygen atoms in total. The summed E-state index contributed by atoms with van der Waals surface area (Å²) in [5.41, 5.74) is 6.80. The van der Waals surface area contributed by atoms with E-state index in [4.69, 9.17) is 21.1 Å². The van der Waals surface area contributed by atoms with Gasteiger partial charge in [0.15, 0.2) is 0 Å². The third-order valence-electron chi connectivity index (χ3n) is 5.53. The molecule has 186 valence electrons. The predicted octanol–water partition coefficient (Wildman–Crippen LogP) is -1.54. The maximum absolute atomic E-state index is 13.2. The van der Waals surface area contributed by atoms with Crippen molar-refractivity contribution in [2.24, 2.45) is 5.73 Å². The minimum Gasteiger partial charge on any atom is -0.481 e. The SMILES string of the molecule is NC(Cc1ccccc1)C(=O)NC(CCC(=O)O)C(=O)N1CCCC1C(=O)NC(CO)C(=O)O. The highest BCUT2D eigenvalue weighted by Crippen LogP contribution is 2.20. The van der Waals surface area contributed by atoms with Gasteiger partial charge in [0.1, 0.15) is 18.1 Å². The van der Waals surface area contributed by atoms with Crippen LogP contribution in [0.2, 0.25) is 0 Å². The zero-order valence-electron chi connectivity index (χ0n) is 18.6. The fourth-order valence-corrected chi connectivity index (χ4v) is 3.72. The highest BCUT2D eigenvalue weighted by molar-refractivity contribution is 5.94. The molecule has 1 heterocycles. The fraction of sp³-hybridized carbons (Fsp3) is 0.500. The number of carbonyl (C=O) groups excluding carboxylic acids is 3. The van der Waals surface area contributed by atoms with E-state index in [2.05, 4.69) is 10.6 Å². The zero-order chi connectivity index (χ0) is 25.3. The molecule has 0 spiro atoms. The normalized spacial score (nSPS) is 17.9. The second kappa shape index (κ2) is 12.7. The summed E-state index contributed by atoms with van der Waals surface area (Å²) in [4.78, 5) is 61.8. The Kier molecular flexibility index (Phi) is 9.95. The summed E-state index contributed by atoms with van der Waals surface area (Å²) in [5, 5.41) is 31.9. The Morgan fingerprint density at radius 3 is 2.32 bits per heavy atom. The first-order valence-electron chi connectivity index (χ1n) is 10.9. The smallest absolute Gasteiger partial charge is 0.328 e. The number of rotatable bonds is 12. The van der Waals surface area contributed by atoms with Gasteiger partial charge in [-0.05, 0) is 31.2 Å². The summed E-state index contributed by atoms with van der Waals surface area (Å²) in [7, 11) is 0. The number of nitrogens with zero attached hydrogens (tertiary/aromatic N) is 1. The number of hydrogen-bond donors (Lipinski definition) is 6. The largest absolute Gasteiger partial charge is 0.481 e. The number of hydrogen-bond acceptors (Lipinski definition) is 7. The molecule has 12 heteroatoms. The van der Waals surface area contributed by atoms with E-state index in [1.165, 1.54) is 4.90 Å². The van der Waals surface area contributed by atoms with Crippen LogP contribution in [0.4, 0.5) is 0 Å². The minimum atomic E-state index is -1.52. The van der Waals surface area contributed by atoms with E-state index in [-0.39, 0.29) is 25.8 Å². The van der Waals surface area contributed by atoms with E-state index in [1.807, 2.05) is 6.07 Å². The summed E-state index contributed by atoms with van der Waals surface area (Å²) in [6.45, 7) is -0.651. The van der Waals surface area contributed by atoms with Crippen molar-refractivity contribution in [3.8, 4) is 0 Å².